The summed E-state index contributed by atoms with van der Waals surface area (Å²) >= 11 is 0. The predicted molar refractivity (Wildman–Crippen MR) is 75.7 cm³/mol. The van der Waals surface area contributed by atoms with Crippen LogP contribution in [0.2, 0.25) is 0 Å². The molecule has 4 aliphatic rings. The number of aliphatic carboxylic acids is 1. The second kappa shape index (κ2) is 4.96. The number of hydrogen-bond donors (Lipinski definition) is 1. The van der Waals surface area contributed by atoms with Crippen LogP contribution in [0.1, 0.15) is 52.4 Å². The Morgan fingerprint density at radius 2 is 1.63 bits per heavy atom. The lowest BCUT2D eigenvalue weighted by Crippen LogP contribution is -2.45. The van der Waals surface area contributed by atoms with E-state index >= 15 is 0 Å². The molecule has 0 aromatic heterocycles. The average Bonchev–Trinajstić information content (AvgIpc) is 2.30. The highest BCUT2D eigenvalue weighted by Crippen LogP contribution is 2.58. The average molecular weight is 262 g/mol. The van der Waals surface area contributed by atoms with Crippen LogP contribution in [0.4, 0.5) is 0 Å². The summed E-state index contributed by atoms with van der Waals surface area (Å²) in [5, 5.41) is 9.04. The van der Waals surface area contributed by atoms with Crippen molar-refractivity contribution >= 4 is 5.97 Å². The van der Waals surface area contributed by atoms with Crippen LogP contribution in [0.25, 0.3) is 0 Å². The number of carbonyl (C=O) groups is 1. The van der Waals surface area contributed by atoms with E-state index in [1.807, 2.05) is 0 Å². The minimum Gasteiger partial charge on any atom is -0.478 e. The van der Waals surface area contributed by atoms with Crippen molar-refractivity contribution in [3.05, 3.63) is 11.6 Å². The summed E-state index contributed by atoms with van der Waals surface area (Å²) in [6.07, 6.45) is 9.72. The molecular formula is C17H26O2. The van der Waals surface area contributed by atoms with Crippen molar-refractivity contribution in [3.8, 4) is 0 Å². The number of carboxylic acid groups (broad SMARTS) is 1. The molecule has 0 spiro atoms. The Kier molecular flexibility index (Phi) is 3.44. The normalized spacial score (nSPS) is 41.0. The lowest BCUT2D eigenvalue weighted by atomic mass is 9.51. The van der Waals surface area contributed by atoms with Crippen molar-refractivity contribution in [2.45, 2.75) is 52.4 Å². The molecular weight excluding hydrogens is 236 g/mol. The van der Waals surface area contributed by atoms with Crippen LogP contribution in [0.5, 0.6) is 0 Å². The Morgan fingerprint density at radius 3 is 2.05 bits per heavy atom. The van der Waals surface area contributed by atoms with Gasteiger partial charge >= 0.3 is 5.97 Å². The van der Waals surface area contributed by atoms with Gasteiger partial charge in [0.15, 0.2) is 0 Å². The van der Waals surface area contributed by atoms with Gasteiger partial charge in [0.1, 0.15) is 0 Å². The highest BCUT2D eigenvalue weighted by atomic mass is 16.4. The lowest BCUT2D eigenvalue weighted by molar-refractivity contribution is -0.131. The zero-order valence-corrected chi connectivity index (χ0v) is 12.1. The third-order valence-electron chi connectivity index (χ3n) is 5.94. The van der Waals surface area contributed by atoms with Crippen LogP contribution in [-0.2, 0) is 4.79 Å². The van der Waals surface area contributed by atoms with E-state index in [9.17, 15) is 4.79 Å². The van der Waals surface area contributed by atoms with Gasteiger partial charge in [-0.2, -0.15) is 0 Å². The Labute approximate surface area is 116 Å². The molecule has 0 atom stereocenters. The third kappa shape index (κ3) is 2.59. The molecule has 4 saturated carbocycles. The number of carboxylic acids is 1. The first-order valence-corrected chi connectivity index (χ1v) is 7.96. The summed E-state index contributed by atoms with van der Waals surface area (Å²) in [7, 11) is 0. The molecule has 2 nitrogen and oxygen atoms in total. The maximum atomic E-state index is 11.0. The van der Waals surface area contributed by atoms with Crippen LogP contribution in [0.3, 0.4) is 0 Å². The summed E-state index contributed by atoms with van der Waals surface area (Å²) in [4.78, 5) is 11.0. The van der Waals surface area contributed by atoms with Gasteiger partial charge in [0.25, 0.3) is 0 Å². The van der Waals surface area contributed by atoms with Gasteiger partial charge in [0, 0.05) is 6.08 Å². The minimum absolute atomic E-state index is 0.369. The molecule has 0 aromatic rings. The SMILES string of the molecule is CC(C)/C(=C\C(=O)O)CC1C2CC3CC(C2)CC1C3. The van der Waals surface area contributed by atoms with Gasteiger partial charge in [-0.3, -0.25) is 0 Å². The molecule has 0 unspecified atom stereocenters. The van der Waals surface area contributed by atoms with Crippen molar-refractivity contribution in [3.63, 3.8) is 0 Å². The third-order valence-corrected chi connectivity index (χ3v) is 5.94. The van der Waals surface area contributed by atoms with E-state index in [2.05, 4.69) is 13.8 Å². The van der Waals surface area contributed by atoms with Crippen LogP contribution < -0.4 is 0 Å². The molecule has 4 aliphatic carbocycles. The molecule has 19 heavy (non-hydrogen) atoms. The topological polar surface area (TPSA) is 37.3 Å². The number of allylic oxidation sites excluding steroid dienone is 1. The summed E-state index contributed by atoms with van der Waals surface area (Å²) in [6, 6.07) is 0. The van der Waals surface area contributed by atoms with Crippen molar-refractivity contribution in [1.82, 2.24) is 0 Å². The fraction of sp³-hybridized carbons (Fsp3) is 0.824. The zero-order valence-electron chi connectivity index (χ0n) is 12.1. The van der Waals surface area contributed by atoms with Crippen LogP contribution in [0, 0.1) is 35.5 Å². The standard InChI is InChI=1S/C17H26O2/c1-10(2)13(9-17(18)19)8-16-14-4-11-3-12(6-14)7-15(16)5-11/h9-12,14-16H,3-8H2,1-2H3,(H,18,19)/b13-9-. The van der Waals surface area contributed by atoms with E-state index in [0.29, 0.717) is 5.92 Å². The highest BCUT2D eigenvalue weighted by Gasteiger charge is 2.48. The first-order valence-electron chi connectivity index (χ1n) is 7.96. The smallest absolute Gasteiger partial charge is 0.328 e. The van der Waals surface area contributed by atoms with Gasteiger partial charge in [-0.05, 0) is 74.0 Å². The van der Waals surface area contributed by atoms with Gasteiger partial charge in [-0.25, -0.2) is 4.79 Å². The molecule has 0 amide bonds. The van der Waals surface area contributed by atoms with Gasteiger partial charge in [-0.15, -0.1) is 0 Å². The van der Waals surface area contributed by atoms with Crippen LogP contribution >= 0.6 is 0 Å². The van der Waals surface area contributed by atoms with Gasteiger partial charge in [-0.1, -0.05) is 19.4 Å². The molecule has 2 heteroatoms. The molecule has 0 aromatic carbocycles. The van der Waals surface area contributed by atoms with Crippen molar-refractivity contribution in [1.29, 1.82) is 0 Å². The second-order valence-corrected chi connectivity index (χ2v) is 7.51. The molecule has 4 rings (SSSR count). The maximum absolute atomic E-state index is 11.0. The van der Waals surface area contributed by atoms with Crippen LogP contribution in [0.15, 0.2) is 11.6 Å². The molecule has 4 bridgehead atoms. The number of rotatable bonds is 4. The molecule has 0 aliphatic heterocycles. The van der Waals surface area contributed by atoms with Crippen molar-refractivity contribution < 1.29 is 9.90 Å². The first-order chi connectivity index (χ1) is 9.02. The van der Waals surface area contributed by atoms with Crippen molar-refractivity contribution in [2.75, 3.05) is 0 Å². The Morgan fingerprint density at radius 1 is 1.11 bits per heavy atom. The second-order valence-electron chi connectivity index (χ2n) is 7.51. The predicted octanol–water partition coefficient (Wildman–Crippen LogP) is 4.12. The zero-order chi connectivity index (χ0) is 13.6. The quantitative estimate of drug-likeness (QED) is 0.774. The van der Waals surface area contributed by atoms with E-state index in [4.69, 9.17) is 5.11 Å². The monoisotopic (exact) mass is 262 g/mol. The largest absolute Gasteiger partial charge is 0.478 e. The molecule has 0 heterocycles. The summed E-state index contributed by atoms with van der Waals surface area (Å²) in [5.41, 5.74) is 1.16. The maximum Gasteiger partial charge on any atom is 0.328 e. The summed E-state index contributed by atoms with van der Waals surface area (Å²) in [6.45, 7) is 4.26. The number of hydrogen-bond acceptors (Lipinski definition) is 1. The van der Waals surface area contributed by atoms with Crippen molar-refractivity contribution in [2.24, 2.45) is 35.5 Å². The minimum atomic E-state index is -0.771. The Balaban J connectivity index is 1.74. The highest BCUT2D eigenvalue weighted by molar-refractivity contribution is 5.80. The first kappa shape index (κ1) is 13.2. The van der Waals surface area contributed by atoms with Crippen LogP contribution in [-0.4, -0.2) is 11.1 Å². The Hall–Kier alpha value is -0.790. The van der Waals surface area contributed by atoms with E-state index in [0.717, 1.165) is 41.6 Å². The molecule has 106 valence electrons. The van der Waals surface area contributed by atoms with Gasteiger partial charge < -0.3 is 5.11 Å². The van der Waals surface area contributed by atoms with E-state index < -0.39 is 5.97 Å². The lowest BCUT2D eigenvalue weighted by Gasteiger charge is -2.55. The van der Waals surface area contributed by atoms with E-state index in [1.54, 1.807) is 0 Å². The fourth-order valence-corrected chi connectivity index (χ4v) is 5.26. The molecule has 0 radical (unpaired) electrons. The van der Waals surface area contributed by atoms with E-state index in [-0.39, 0.29) is 0 Å². The molecule has 0 saturated heterocycles. The van der Waals surface area contributed by atoms with Gasteiger partial charge in [0.2, 0.25) is 0 Å². The summed E-state index contributed by atoms with van der Waals surface area (Å²) in [5.74, 6) is 4.18. The molecule has 1 N–H and O–H groups in total. The fourth-order valence-electron chi connectivity index (χ4n) is 5.26. The summed E-state index contributed by atoms with van der Waals surface area (Å²) < 4.78 is 0. The Bertz CT molecular complexity index is 366. The molecule has 4 fully saturated rings. The van der Waals surface area contributed by atoms with E-state index in [1.165, 1.54) is 38.2 Å². The van der Waals surface area contributed by atoms with Gasteiger partial charge in [0.05, 0.1) is 0 Å².